The maximum atomic E-state index is 12.6. The van der Waals surface area contributed by atoms with Crippen LogP contribution in [0.25, 0.3) is 0 Å². The molecule has 3 aromatic carbocycles. The van der Waals surface area contributed by atoms with Gasteiger partial charge >= 0.3 is 5.97 Å². The number of esters is 1. The monoisotopic (exact) mass is 538 g/mol. The second kappa shape index (κ2) is 12.7. The molecule has 0 aliphatic carbocycles. The van der Waals surface area contributed by atoms with E-state index in [4.69, 9.17) is 14.2 Å². The van der Waals surface area contributed by atoms with E-state index < -0.39 is 11.9 Å². The molecular formula is C27H27BrN2O5. The third-order valence-corrected chi connectivity index (χ3v) is 5.47. The minimum absolute atomic E-state index is 0.182. The zero-order valence-corrected chi connectivity index (χ0v) is 21.4. The molecule has 0 saturated carbocycles. The Morgan fingerprint density at radius 2 is 1.69 bits per heavy atom. The van der Waals surface area contributed by atoms with Crippen molar-refractivity contribution >= 4 is 34.0 Å². The number of ether oxygens (including phenoxy) is 3. The maximum Gasteiger partial charge on any atom is 0.343 e. The van der Waals surface area contributed by atoms with E-state index in [-0.39, 0.29) is 6.61 Å². The Bertz CT molecular complexity index is 1210. The van der Waals surface area contributed by atoms with E-state index in [1.54, 1.807) is 42.5 Å². The number of amides is 1. The summed E-state index contributed by atoms with van der Waals surface area (Å²) >= 11 is 3.40. The highest BCUT2D eigenvalue weighted by Crippen LogP contribution is 2.23. The molecule has 1 N–H and O–H groups in total. The molecule has 3 rings (SSSR count). The third-order valence-electron chi connectivity index (χ3n) is 4.98. The van der Waals surface area contributed by atoms with Crippen molar-refractivity contribution < 1.29 is 23.8 Å². The van der Waals surface area contributed by atoms with Crippen molar-refractivity contribution in [2.24, 2.45) is 5.10 Å². The maximum absolute atomic E-state index is 12.6. The first-order valence-corrected chi connectivity index (χ1v) is 11.9. The average molecular weight is 539 g/mol. The highest BCUT2D eigenvalue weighted by atomic mass is 79.9. The number of rotatable bonds is 10. The Morgan fingerprint density at radius 1 is 0.943 bits per heavy atom. The van der Waals surface area contributed by atoms with Crippen molar-refractivity contribution in [1.82, 2.24) is 5.43 Å². The Labute approximate surface area is 213 Å². The van der Waals surface area contributed by atoms with Gasteiger partial charge in [0, 0.05) is 10.0 Å². The number of nitrogens with one attached hydrogen (secondary N) is 1. The van der Waals surface area contributed by atoms with Crippen LogP contribution >= 0.6 is 15.9 Å². The van der Waals surface area contributed by atoms with Gasteiger partial charge in [0.15, 0.2) is 6.61 Å². The lowest BCUT2D eigenvalue weighted by Gasteiger charge is -2.09. The first kappa shape index (κ1) is 26.0. The van der Waals surface area contributed by atoms with Crippen molar-refractivity contribution in [2.75, 3.05) is 13.2 Å². The number of hydrogen-bond donors (Lipinski definition) is 1. The smallest absolute Gasteiger partial charge is 0.343 e. The summed E-state index contributed by atoms with van der Waals surface area (Å²) in [6.07, 6.45) is 2.31. The van der Waals surface area contributed by atoms with Crippen molar-refractivity contribution in [1.29, 1.82) is 0 Å². The molecule has 1 amide bonds. The number of hydrazone groups is 1. The summed E-state index contributed by atoms with van der Waals surface area (Å²) in [7, 11) is 0. The third kappa shape index (κ3) is 7.96. The molecule has 0 spiro atoms. The van der Waals surface area contributed by atoms with Gasteiger partial charge in [0.1, 0.15) is 17.2 Å². The number of hydrogen-bond acceptors (Lipinski definition) is 6. The van der Waals surface area contributed by atoms with Crippen LogP contribution < -0.4 is 19.6 Å². The summed E-state index contributed by atoms with van der Waals surface area (Å²) in [6.45, 7) is 6.44. The van der Waals surface area contributed by atoms with Crippen LogP contribution in [0.2, 0.25) is 0 Å². The molecule has 0 bridgehead atoms. The summed E-state index contributed by atoms with van der Waals surface area (Å²) in [5.74, 6) is 0.664. The van der Waals surface area contributed by atoms with Crippen molar-refractivity contribution in [2.45, 2.75) is 27.2 Å². The lowest BCUT2D eigenvalue weighted by atomic mass is 10.1. The molecule has 0 unspecified atom stereocenters. The summed E-state index contributed by atoms with van der Waals surface area (Å²) < 4.78 is 17.4. The highest BCUT2D eigenvalue weighted by Gasteiger charge is 2.12. The van der Waals surface area contributed by atoms with Gasteiger partial charge in [0.2, 0.25) is 0 Å². The SMILES string of the molecule is CCCOc1ccc(C(=O)Oc2ccc(Br)cc2/C=N/NC(=O)COc2ccc(C)c(C)c2)cc1. The second-order valence-corrected chi connectivity index (χ2v) is 8.69. The minimum atomic E-state index is -0.519. The first-order chi connectivity index (χ1) is 16.9. The lowest BCUT2D eigenvalue weighted by molar-refractivity contribution is -0.123. The van der Waals surface area contributed by atoms with Crippen LogP contribution in [0.5, 0.6) is 17.2 Å². The zero-order chi connectivity index (χ0) is 25.2. The van der Waals surface area contributed by atoms with E-state index in [2.05, 4.69) is 26.5 Å². The molecule has 0 heterocycles. The number of aryl methyl sites for hydroxylation is 2. The molecule has 0 atom stereocenters. The molecule has 8 heteroatoms. The normalized spacial score (nSPS) is 10.7. The largest absolute Gasteiger partial charge is 0.494 e. The molecule has 182 valence electrons. The molecule has 0 aliphatic rings. The number of halogens is 1. The van der Waals surface area contributed by atoms with Gasteiger partial charge < -0.3 is 14.2 Å². The summed E-state index contributed by atoms with van der Waals surface area (Å²) in [4.78, 5) is 24.7. The number of carbonyl (C=O) groups excluding carboxylic acids is 2. The van der Waals surface area contributed by atoms with Gasteiger partial charge in [-0.2, -0.15) is 5.10 Å². The molecule has 3 aromatic rings. The van der Waals surface area contributed by atoms with E-state index in [0.717, 1.165) is 22.0 Å². The Balaban J connectivity index is 1.59. The van der Waals surface area contributed by atoms with Crippen molar-refractivity contribution in [3.8, 4) is 17.2 Å². The van der Waals surface area contributed by atoms with E-state index in [1.165, 1.54) is 6.21 Å². The molecule has 0 aromatic heterocycles. The van der Waals surface area contributed by atoms with Crippen LogP contribution in [0.15, 0.2) is 70.2 Å². The molecule has 0 saturated heterocycles. The summed E-state index contributed by atoms with van der Waals surface area (Å²) in [5, 5.41) is 3.97. The van der Waals surface area contributed by atoms with Gasteiger partial charge in [-0.05, 0) is 86.0 Å². The Kier molecular flexibility index (Phi) is 9.43. The van der Waals surface area contributed by atoms with Gasteiger partial charge in [0.25, 0.3) is 5.91 Å². The number of carbonyl (C=O) groups is 2. The van der Waals surface area contributed by atoms with Gasteiger partial charge in [-0.1, -0.05) is 28.9 Å². The van der Waals surface area contributed by atoms with Crippen LogP contribution in [-0.2, 0) is 4.79 Å². The first-order valence-electron chi connectivity index (χ1n) is 11.1. The van der Waals surface area contributed by atoms with E-state index in [1.807, 2.05) is 39.0 Å². The molecule has 7 nitrogen and oxygen atoms in total. The average Bonchev–Trinajstić information content (AvgIpc) is 2.85. The quantitative estimate of drug-likeness (QED) is 0.157. The minimum Gasteiger partial charge on any atom is -0.494 e. The van der Waals surface area contributed by atoms with Crippen LogP contribution in [0.1, 0.15) is 40.4 Å². The molecule has 0 fully saturated rings. The van der Waals surface area contributed by atoms with Crippen molar-refractivity contribution in [3.63, 3.8) is 0 Å². The fourth-order valence-electron chi connectivity index (χ4n) is 2.94. The zero-order valence-electron chi connectivity index (χ0n) is 19.8. The Morgan fingerprint density at radius 3 is 2.40 bits per heavy atom. The predicted octanol–water partition coefficient (Wildman–Crippen LogP) is 5.60. The summed E-state index contributed by atoms with van der Waals surface area (Å²) in [5.41, 5.74) is 5.54. The fraction of sp³-hybridized carbons (Fsp3) is 0.222. The lowest BCUT2D eigenvalue weighted by Crippen LogP contribution is -2.24. The van der Waals surface area contributed by atoms with E-state index >= 15 is 0 Å². The number of nitrogens with zero attached hydrogens (tertiary/aromatic N) is 1. The van der Waals surface area contributed by atoms with Gasteiger partial charge in [-0.3, -0.25) is 4.79 Å². The van der Waals surface area contributed by atoms with Crippen LogP contribution in [0.3, 0.4) is 0 Å². The fourth-order valence-corrected chi connectivity index (χ4v) is 3.32. The van der Waals surface area contributed by atoms with Crippen LogP contribution in [-0.4, -0.2) is 31.3 Å². The van der Waals surface area contributed by atoms with Gasteiger partial charge in [-0.15, -0.1) is 0 Å². The number of benzene rings is 3. The molecule has 0 radical (unpaired) electrons. The second-order valence-electron chi connectivity index (χ2n) is 7.77. The van der Waals surface area contributed by atoms with E-state index in [9.17, 15) is 9.59 Å². The van der Waals surface area contributed by atoms with Crippen LogP contribution in [0.4, 0.5) is 0 Å². The predicted molar refractivity (Wildman–Crippen MR) is 138 cm³/mol. The van der Waals surface area contributed by atoms with E-state index in [0.29, 0.717) is 35.0 Å². The molecule has 0 aliphatic heterocycles. The van der Waals surface area contributed by atoms with Crippen LogP contribution in [0, 0.1) is 13.8 Å². The van der Waals surface area contributed by atoms with Gasteiger partial charge in [-0.25, -0.2) is 10.2 Å². The Hall–Kier alpha value is -3.65. The summed E-state index contributed by atoms with van der Waals surface area (Å²) in [6, 6.07) is 17.5. The topological polar surface area (TPSA) is 86.2 Å². The standard InChI is InChI=1S/C27H27BrN2O5/c1-4-13-33-23-10-6-20(7-11-23)27(32)35-25-12-8-22(28)15-21(25)16-29-30-26(31)17-34-24-9-5-18(2)19(3)14-24/h5-12,14-16H,4,13,17H2,1-3H3,(H,30,31)/b29-16+. The van der Waals surface area contributed by atoms with Crippen molar-refractivity contribution in [3.05, 3.63) is 87.4 Å². The molecular weight excluding hydrogens is 512 g/mol. The highest BCUT2D eigenvalue weighted by molar-refractivity contribution is 9.10. The molecule has 35 heavy (non-hydrogen) atoms. The van der Waals surface area contributed by atoms with Gasteiger partial charge in [0.05, 0.1) is 18.4 Å².